The van der Waals surface area contributed by atoms with Gasteiger partial charge in [-0.15, -0.1) is 0 Å². The first-order valence-corrected chi connectivity index (χ1v) is 12.9. The Morgan fingerprint density at radius 3 is 2.00 bits per heavy atom. The maximum absolute atomic E-state index is 13.7. The van der Waals surface area contributed by atoms with Gasteiger partial charge in [-0.2, -0.15) is 10.1 Å². The third-order valence-corrected chi connectivity index (χ3v) is 7.39. The van der Waals surface area contributed by atoms with E-state index in [0.717, 1.165) is 0 Å². The third-order valence-electron chi connectivity index (χ3n) is 6.13. The van der Waals surface area contributed by atoms with E-state index in [4.69, 9.17) is 14.2 Å². The Morgan fingerprint density at radius 1 is 0.846 bits per heavy atom. The molecule has 1 atom stereocenters. The highest BCUT2D eigenvalue weighted by molar-refractivity contribution is 8.16. The van der Waals surface area contributed by atoms with Crippen molar-refractivity contribution in [1.82, 2.24) is 0 Å². The lowest BCUT2D eigenvalue weighted by molar-refractivity contribution is -0.116. The maximum atomic E-state index is 13.7. The Hall–Kier alpha value is -4.57. The fraction of sp³-hybridized carbons (Fsp3) is 0.172. The molecule has 0 saturated heterocycles. The van der Waals surface area contributed by atoms with E-state index in [1.807, 2.05) is 60.7 Å². The largest absolute Gasteiger partial charge is 0.493 e. The Morgan fingerprint density at radius 2 is 1.44 bits per heavy atom. The van der Waals surface area contributed by atoms with Crippen LogP contribution in [0.2, 0.25) is 0 Å². The van der Waals surface area contributed by atoms with Gasteiger partial charge in [-0.05, 0) is 55.0 Å². The summed E-state index contributed by atoms with van der Waals surface area (Å²) in [5.41, 5.74) is 2.79. The zero-order valence-corrected chi connectivity index (χ0v) is 22.6. The van der Waals surface area contributed by atoms with Gasteiger partial charge in [0.25, 0.3) is 11.8 Å². The Balaban J connectivity index is 1.52. The highest BCUT2D eigenvalue weighted by Crippen LogP contribution is 2.40. The van der Waals surface area contributed by atoms with Crippen LogP contribution < -0.4 is 24.1 Å². The topological polar surface area (TPSA) is 93.0 Å². The van der Waals surface area contributed by atoms with E-state index in [1.54, 1.807) is 25.1 Å². The van der Waals surface area contributed by atoms with Crippen LogP contribution in [0.4, 0.5) is 11.4 Å². The van der Waals surface area contributed by atoms with Gasteiger partial charge in [-0.1, -0.05) is 48.2 Å². The van der Waals surface area contributed by atoms with Crippen molar-refractivity contribution in [3.05, 3.63) is 84.1 Å². The van der Waals surface area contributed by atoms with Crippen molar-refractivity contribution >= 4 is 51.9 Å². The van der Waals surface area contributed by atoms with Crippen molar-refractivity contribution < 1.29 is 23.8 Å². The predicted molar refractivity (Wildman–Crippen MR) is 154 cm³/mol. The van der Waals surface area contributed by atoms with E-state index >= 15 is 0 Å². The number of carbonyl (C=O) groups is 2. The number of ether oxygens (including phenoxy) is 3. The van der Waals surface area contributed by atoms with Gasteiger partial charge >= 0.3 is 0 Å². The van der Waals surface area contributed by atoms with Gasteiger partial charge in [0.2, 0.25) is 5.75 Å². The molecule has 0 saturated carbocycles. The Bertz CT molecular complexity index is 1480. The number of rotatable bonds is 7. The van der Waals surface area contributed by atoms with Crippen molar-refractivity contribution in [3.8, 4) is 17.2 Å². The first-order chi connectivity index (χ1) is 18.9. The van der Waals surface area contributed by atoms with E-state index in [1.165, 1.54) is 43.0 Å². The van der Waals surface area contributed by atoms with E-state index in [9.17, 15) is 9.59 Å². The molecular weight excluding hydrogens is 516 g/mol. The monoisotopic (exact) mass is 542 g/mol. The van der Waals surface area contributed by atoms with Crippen molar-refractivity contribution in [2.24, 2.45) is 10.1 Å². The zero-order valence-electron chi connectivity index (χ0n) is 21.8. The van der Waals surface area contributed by atoms with Crippen LogP contribution in [0, 0.1) is 0 Å². The van der Waals surface area contributed by atoms with Gasteiger partial charge in [-0.3, -0.25) is 14.5 Å². The first-order valence-electron chi connectivity index (χ1n) is 12.1. The molecule has 0 radical (unpaired) electrons. The molecule has 1 unspecified atom stereocenters. The third kappa shape index (κ3) is 4.98. The summed E-state index contributed by atoms with van der Waals surface area (Å²) in [5, 5.41) is 5.63. The van der Waals surface area contributed by atoms with Gasteiger partial charge in [0.05, 0.1) is 38.4 Å². The second-order valence-electron chi connectivity index (χ2n) is 8.58. The summed E-state index contributed by atoms with van der Waals surface area (Å²) in [6.45, 7) is 1.80. The molecule has 39 heavy (non-hydrogen) atoms. The molecule has 9 nitrogen and oxygen atoms in total. The summed E-state index contributed by atoms with van der Waals surface area (Å²) in [7, 11) is 4.58. The molecule has 0 bridgehead atoms. The Kier molecular flexibility index (Phi) is 7.38. The number of hydrazone groups is 1. The molecule has 3 aromatic rings. The molecule has 2 aliphatic heterocycles. The maximum Gasteiger partial charge on any atom is 0.283 e. The van der Waals surface area contributed by atoms with Crippen molar-refractivity contribution in [2.45, 2.75) is 12.2 Å². The standard InChI is InChI=1S/C29H26N4O5S/c1-18-26(28(35)33(31-18)21-13-9-6-10-14-21)39-29-30-22(27(34)32(29)20-11-7-5-8-12-20)15-19-16-23(36-2)25(38-4)24(17-19)37-3/h5-17,26H,1-4H3/b22-15+. The lowest BCUT2D eigenvalue weighted by atomic mass is 10.1. The van der Waals surface area contributed by atoms with E-state index < -0.39 is 5.25 Å². The second kappa shape index (κ2) is 11.0. The number of amidine groups is 1. The smallest absolute Gasteiger partial charge is 0.283 e. The SMILES string of the molecule is COc1cc(/C=C2/N=C(SC3C(=O)N(c4ccccc4)N=C3C)N(c3ccccc3)C2=O)cc(OC)c1OC. The van der Waals surface area contributed by atoms with Gasteiger partial charge in [0.15, 0.2) is 16.7 Å². The minimum absolute atomic E-state index is 0.200. The van der Waals surface area contributed by atoms with E-state index in [2.05, 4.69) is 10.1 Å². The Labute approximate surface area is 230 Å². The van der Waals surface area contributed by atoms with Gasteiger partial charge in [-0.25, -0.2) is 4.99 Å². The lowest BCUT2D eigenvalue weighted by Gasteiger charge is -2.20. The van der Waals surface area contributed by atoms with E-state index in [-0.39, 0.29) is 17.5 Å². The summed E-state index contributed by atoms with van der Waals surface area (Å²) < 4.78 is 16.3. The van der Waals surface area contributed by atoms with Crippen LogP contribution >= 0.6 is 11.8 Å². The number of anilines is 2. The fourth-order valence-corrected chi connectivity index (χ4v) is 5.34. The number of nitrogens with zero attached hydrogens (tertiary/aromatic N) is 4. The van der Waals surface area contributed by atoms with Crippen LogP contribution in [-0.4, -0.2) is 49.3 Å². The van der Waals surface area contributed by atoms with Gasteiger partial charge in [0, 0.05) is 0 Å². The summed E-state index contributed by atoms with van der Waals surface area (Å²) in [6.07, 6.45) is 1.66. The molecule has 2 aliphatic rings. The number of aliphatic imine (C=N–C) groups is 1. The number of benzene rings is 3. The number of carbonyl (C=O) groups excluding carboxylic acids is 2. The van der Waals surface area contributed by atoms with Crippen LogP contribution in [0.1, 0.15) is 12.5 Å². The predicted octanol–water partition coefficient (Wildman–Crippen LogP) is 4.98. The van der Waals surface area contributed by atoms with Crippen LogP contribution in [0.15, 0.2) is 88.6 Å². The number of thioether (sulfide) groups is 1. The van der Waals surface area contributed by atoms with E-state index in [0.29, 0.717) is 45.1 Å². The molecule has 0 N–H and O–H groups in total. The molecule has 0 fully saturated rings. The molecule has 198 valence electrons. The number of methoxy groups -OCH3 is 3. The summed E-state index contributed by atoms with van der Waals surface area (Å²) in [5.74, 6) is 0.837. The number of hydrogen-bond donors (Lipinski definition) is 0. The molecule has 2 heterocycles. The average Bonchev–Trinajstić information content (AvgIpc) is 3.43. The van der Waals surface area contributed by atoms with Crippen molar-refractivity contribution in [1.29, 1.82) is 0 Å². The molecule has 0 spiro atoms. The van der Waals surface area contributed by atoms with Crippen LogP contribution in [0.25, 0.3) is 6.08 Å². The number of amides is 2. The number of para-hydroxylation sites is 2. The number of hydrogen-bond acceptors (Lipinski definition) is 8. The molecule has 3 aromatic carbocycles. The second-order valence-corrected chi connectivity index (χ2v) is 9.66. The summed E-state index contributed by atoms with van der Waals surface area (Å²) in [6, 6.07) is 21.9. The minimum atomic E-state index is -0.636. The quantitative estimate of drug-likeness (QED) is 0.391. The molecule has 0 aromatic heterocycles. The van der Waals surface area contributed by atoms with Crippen molar-refractivity contribution in [3.63, 3.8) is 0 Å². The molecule has 0 aliphatic carbocycles. The van der Waals surface area contributed by atoms with Gasteiger partial charge in [0.1, 0.15) is 10.9 Å². The molecule has 5 rings (SSSR count). The van der Waals surface area contributed by atoms with Crippen LogP contribution in [-0.2, 0) is 9.59 Å². The van der Waals surface area contributed by atoms with Crippen LogP contribution in [0.3, 0.4) is 0 Å². The fourth-order valence-electron chi connectivity index (χ4n) is 4.27. The van der Waals surface area contributed by atoms with Crippen LogP contribution in [0.5, 0.6) is 17.2 Å². The normalized spacial score (nSPS) is 17.9. The highest BCUT2D eigenvalue weighted by atomic mass is 32.2. The molecular formula is C29H26N4O5S. The molecule has 2 amide bonds. The highest BCUT2D eigenvalue weighted by Gasteiger charge is 2.40. The zero-order chi connectivity index (χ0) is 27.5. The first kappa shape index (κ1) is 26.1. The summed E-state index contributed by atoms with van der Waals surface area (Å²) in [4.78, 5) is 33.3. The average molecular weight is 543 g/mol. The molecule has 10 heteroatoms. The van der Waals surface area contributed by atoms with Gasteiger partial charge < -0.3 is 14.2 Å². The summed E-state index contributed by atoms with van der Waals surface area (Å²) >= 11 is 1.19. The lowest BCUT2D eigenvalue weighted by Crippen LogP contribution is -2.35. The van der Waals surface area contributed by atoms with Crippen molar-refractivity contribution in [2.75, 3.05) is 31.2 Å². The minimum Gasteiger partial charge on any atom is -0.493 e.